The van der Waals surface area contributed by atoms with Gasteiger partial charge in [0.25, 0.3) is 0 Å². The van der Waals surface area contributed by atoms with Crippen LogP contribution in [-0.2, 0) is 6.18 Å². The first-order chi connectivity index (χ1) is 15.1. The molecule has 8 heteroatoms. The third-order valence-corrected chi connectivity index (χ3v) is 5.48. The molecule has 32 heavy (non-hydrogen) atoms. The minimum atomic E-state index is -4.62. The average Bonchev–Trinajstić information content (AvgIpc) is 2.73. The highest BCUT2D eigenvalue weighted by Crippen LogP contribution is 2.40. The summed E-state index contributed by atoms with van der Waals surface area (Å²) in [4.78, 5) is 8.68. The molecule has 1 atom stereocenters. The van der Waals surface area contributed by atoms with Crippen molar-refractivity contribution in [2.24, 2.45) is 0 Å². The van der Waals surface area contributed by atoms with E-state index in [1.807, 2.05) is 25.1 Å². The van der Waals surface area contributed by atoms with Crippen molar-refractivity contribution in [3.8, 4) is 5.75 Å². The first-order valence-electron chi connectivity index (χ1n) is 9.78. The Morgan fingerprint density at radius 1 is 1.00 bits per heavy atom. The molecule has 4 rings (SSSR count). The molecule has 0 saturated carbocycles. The van der Waals surface area contributed by atoms with Crippen molar-refractivity contribution in [3.05, 3.63) is 93.8 Å². The van der Waals surface area contributed by atoms with Gasteiger partial charge in [0.2, 0.25) is 0 Å². The number of anilines is 1. The van der Waals surface area contributed by atoms with E-state index in [-0.39, 0.29) is 11.3 Å². The topological polar surface area (TPSA) is 58.0 Å². The predicted molar refractivity (Wildman–Crippen MR) is 119 cm³/mol. The third-order valence-electron chi connectivity index (χ3n) is 5.15. The summed E-state index contributed by atoms with van der Waals surface area (Å²) in [6.07, 6.45) is -3.02. The Morgan fingerprint density at radius 3 is 2.47 bits per heavy atom. The van der Waals surface area contributed by atoms with E-state index in [4.69, 9.17) is 11.6 Å². The molecule has 0 saturated heterocycles. The van der Waals surface area contributed by atoms with Crippen LogP contribution in [0, 0.1) is 13.8 Å². The van der Waals surface area contributed by atoms with Gasteiger partial charge >= 0.3 is 6.18 Å². The molecule has 2 heterocycles. The molecule has 1 unspecified atom stereocenters. The minimum absolute atomic E-state index is 0.111. The van der Waals surface area contributed by atoms with E-state index in [1.165, 1.54) is 12.1 Å². The number of benzene rings is 2. The fraction of sp³-hybridized carbons (Fsp3) is 0.167. The van der Waals surface area contributed by atoms with Gasteiger partial charge in [0.1, 0.15) is 17.1 Å². The van der Waals surface area contributed by atoms with Gasteiger partial charge in [-0.3, -0.25) is 0 Å². The van der Waals surface area contributed by atoms with E-state index in [2.05, 4.69) is 15.3 Å². The fourth-order valence-corrected chi connectivity index (χ4v) is 3.79. The smallest absolute Gasteiger partial charge is 0.417 e. The summed E-state index contributed by atoms with van der Waals surface area (Å²) >= 11 is 5.83. The van der Waals surface area contributed by atoms with Gasteiger partial charge in [-0.2, -0.15) is 13.2 Å². The first-order valence-corrected chi connectivity index (χ1v) is 10.2. The molecule has 2 N–H and O–H groups in total. The molecule has 2 aromatic carbocycles. The van der Waals surface area contributed by atoms with Crippen LogP contribution in [-0.4, -0.2) is 15.1 Å². The maximum absolute atomic E-state index is 13.5. The molecule has 164 valence electrons. The van der Waals surface area contributed by atoms with Crippen LogP contribution in [0.4, 0.5) is 19.0 Å². The zero-order valence-corrected chi connectivity index (χ0v) is 18.0. The Morgan fingerprint density at radius 2 is 1.75 bits per heavy atom. The number of phenols is 1. The van der Waals surface area contributed by atoms with Crippen molar-refractivity contribution in [3.63, 3.8) is 0 Å². The van der Waals surface area contributed by atoms with Crippen LogP contribution in [0.2, 0.25) is 5.02 Å². The van der Waals surface area contributed by atoms with E-state index >= 15 is 0 Å². The lowest BCUT2D eigenvalue weighted by Crippen LogP contribution is -2.15. The molecule has 0 aliphatic rings. The van der Waals surface area contributed by atoms with Gasteiger partial charge in [-0.15, -0.1) is 0 Å². The van der Waals surface area contributed by atoms with E-state index in [9.17, 15) is 18.3 Å². The fourth-order valence-electron chi connectivity index (χ4n) is 3.56. The number of nitrogens with one attached hydrogen (secondary N) is 1. The lowest BCUT2D eigenvalue weighted by Gasteiger charge is -2.23. The SMILES string of the molecule is Cc1ccnc(NC(c2ccc(Cl)c(C(F)(F)F)c2)c2ccc3ccc(C)nc3c2O)c1. The molecular weight excluding hydrogens is 439 g/mol. The largest absolute Gasteiger partial charge is 0.505 e. The second-order valence-corrected chi connectivity index (χ2v) is 7.97. The van der Waals surface area contributed by atoms with Crippen LogP contribution in [0.5, 0.6) is 5.75 Å². The van der Waals surface area contributed by atoms with Gasteiger partial charge in [0.15, 0.2) is 0 Å². The number of hydrogen-bond donors (Lipinski definition) is 2. The minimum Gasteiger partial charge on any atom is -0.505 e. The quantitative estimate of drug-likeness (QED) is 0.353. The summed E-state index contributed by atoms with van der Waals surface area (Å²) in [6, 6.07) is 13.5. The number of rotatable bonds is 4. The third kappa shape index (κ3) is 4.34. The van der Waals surface area contributed by atoms with E-state index < -0.39 is 22.8 Å². The summed E-state index contributed by atoms with van der Waals surface area (Å²) in [5.74, 6) is 0.343. The van der Waals surface area contributed by atoms with Crippen LogP contribution in [0.15, 0.2) is 60.8 Å². The molecule has 4 nitrogen and oxygen atoms in total. The number of hydrogen-bond acceptors (Lipinski definition) is 4. The van der Waals surface area contributed by atoms with Crippen LogP contribution in [0.3, 0.4) is 0 Å². The number of pyridine rings is 2. The Hall–Kier alpha value is -3.32. The molecule has 4 aromatic rings. The maximum Gasteiger partial charge on any atom is 0.417 e. The number of phenolic OH excluding ortho intramolecular Hbond substituents is 1. The van der Waals surface area contributed by atoms with Gasteiger partial charge in [0, 0.05) is 22.8 Å². The summed E-state index contributed by atoms with van der Waals surface area (Å²) < 4.78 is 40.6. The van der Waals surface area contributed by atoms with E-state index in [1.54, 1.807) is 31.3 Å². The molecule has 0 radical (unpaired) electrons. The molecule has 0 aliphatic heterocycles. The van der Waals surface area contributed by atoms with Crippen molar-refractivity contribution in [1.82, 2.24) is 9.97 Å². The summed E-state index contributed by atoms with van der Waals surface area (Å²) in [7, 11) is 0. The summed E-state index contributed by atoms with van der Waals surface area (Å²) in [5.41, 5.74) is 1.70. The van der Waals surface area contributed by atoms with Crippen LogP contribution in [0.25, 0.3) is 10.9 Å². The van der Waals surface area contributed by atoms with E-state index in [0.717, 1.165) is 17.0 Å². The van der Waals surface area contributed by atoms with Gasteiger partial charge in [-0.25, -0.2) is 9.97 Å². The number of nitrogens with zero attached hydrogens (tertiary/aromatic N) is 2. The Labute approximate surface area is 187 Å². The number of aromatic hydroxyl groups is 1. The second-order valence-electron chi connectivity index (χ2n) is 7.56. The number of fused-ring (bicyclic) bond motifs is 1. The Bertz CT molecular complexity index is 1310. The number of alkyl halides is 3. The van der Waals surface area contributed by atoms with Crippen LogP contribution < -0.4 is 5.32 Å². The van der Waals surface area contributed by atoms with Crippen molar-refractivity contribution in [2.75, 3.05) is 5.32 Å². The van der Waals surface area contributed by atoms with Crippen molar-refractivity contribution in [1.29, 1.82) is 0 Å². The highest BCUT2D eigenvalue weighted by molar-refractivity contribution is 6.31. The Kier molecular flexibility index (Phi) is 5.69. The van der Waals surface area contributed by atoms with Gasteiger partial charge < -0.3 is 10.4 Å². The zero-order valence-electron chi connectivity index (χ0n) is 17.2. The lowest BCUT2D eigenvalue weighted by molar-refractivity contribution is -0.137. The molecule has 0 spiro atoms. The molecule has 0 amide bonds. The zero-order chi connectivity index (χ0) is 23.0. The summed E-state index contributed by atoms with van der Waals surface area (Å²) in [5, 5.41) is 14.5. The van der Waals surface area contributed by atoms with Crippen molar-refractivity contribution < 1.29 is 18.3 Å². The molecule has 0 bridgehead atoms. The predicted octanol–water partition coefficient (Wildman–Crippen LogP) is 6.83. The normalized spacial score (nSPS) is 12.7. The molecule has 2 aromatic heterocycles. The maximum atomic E-state index is 13.5. The molecule has 0 fully saturated rings. The lowest BCUT2D eigenvalue weighted by atomic mass is 9.94. The van der Waals surface area contributed by atoms with Gasteiger partial charge in [-0.05, 0) is 55.3 Å². The van der Waals surface area contributed by atoms with Crippen LogP contribution >= 0.6 is 11.6 Å². The van der Waals surface area contributed by atoms with Gasteiger partial charge in [-0.1, -0.05) is 35.9 Å². The second kappa shape index (κ2) is 8.31. The molecular formula is C24H19ClF3N3O. The van der Waals surface area contributed by atoms with Crippen molar-refractivity contribution in [2.45, 2.75) is 26.1 Å². The Balaban J connectivity index is 1.91. The first kappa shape index (κ1) is 21.9. The highest BCUT2D eigenvalue weighted by atomic mass is 35.5. The van der Waals surface area contributed by atoms with Crippen LogP contribution in [0.1, 0.15) is 34.0 Å². The summed E-state index contributed by atoms with van der Waals surface area (Å²) in [6.45, 7) is 3.68. The highest BCUT2D eigenvalue weighted by Gasteiger charge is 2.34. The average molecular weight is 458 g/mol. The standard InChI is InChI=1S/C24H19ClF3N3O/c1-13-9-10-29-20(11-13)31-21(16-6-8-19(25)18(12-16)24(26,27)28)17-7-5-15-4-3-14(2)30-22(15)23(17)32/h3-12,21,32H,1-2H3,(H,29,31). The number of aromatic nitrogens is 2. The van der Waals surface area contributed by atoms with E-state index in [0.29, 0.717) is 22.6 Å². The van der Waals surface area contributed by atoms with Crippen molar-refractivity contribution >= 4 is 28.3 Å². The monoisotopic (exact) mass is 457 g/mol. The van der Waals surface area contributed by atoms with Gasteiger partial charge in [0.05, 0.1) is 16.6 Å². The molecule has 0 aliphatic carbocycles. The number of halogens is 4. The number of aryl methyl sites for hydroxylation is 2.